The maximum absolute atomic E-state index is 12.7. The highest BCUT2D eigenvalue weighted by molar-refractivity contribution is 6.03. The van der Waals surface area contributed by atoms with Crippen LogP contribution in [-0.2, 0) is 9.59 Å². The summed E-state index contributed by atoms with van der Waals surface area (Å²) >= 11 is 0. The molecule has 3 rings (SSSR count). The van der Waals surface area contributed by atoms with Gasteiger partial charge in [-0.15, -0.1) is 0 Å². The molecule has 140 valence electrons. The number of methoxy groups -OCH3 is 1. The number of rotatable bonds is 4. The van der Waals surface area contributed by atoms with Crippen LogP contribution in [0.25, 0.3) is 0 Å². The Morgan fingerprint density at radius 2 is 1.67 bits per heavy atom. The molecule has 1 aliphatic rings. The Morgan fingerprint density at radius 3 is 2.26 bits per heavy atom. The normalized spacial score (nSPS) is 15.4. The first kappa shape index (κ1) is 18.4. The lowest BCUT2D eigenvalue weighted by Crippen LogP contribution is -2.22. The molecule has 7 nitrogen and oxygen atoms in total. The zero-order chi connectivity index (χ0) is 19.6. The third kappa shape index (κ3) is 4.08. The van der Waals surface area contributed by atoms with E-state index in [4.69, 9.17) is 18.9 Å². The molecule has 0 spiro atoms. The Balaban J connectivity index is 1.92. The van der Waals surface area contributed by atoms with Crippen LogP contribution in [0.4, 0.5) is 0 Å². The number of carbonyl (C=O) groups is 3. The van der Waals surface area contributed by atoms with Gasteiger partial charge in [-0.3, -0.25) is 14.4 Å². The van der Waals surface area contributed by atoms with Crippen LogP contribution in [-0.4, -0.2) is 24.8 Å². The van der Waals surface area contributed by atoms with Crippen molar-refractivity contribution in [1.82, 2.24) is 0 Å². The van der Waals surface area contributed by atoms with Gasteiger partial charge >= 0.3 is 11.9 Å². The molecule has 0 saturated carbocycles. The summed E-state index contributed by atoms with van der Waals surface area (Å²) in [6.45, 7) is 2.58. The van der Waals surface area contributed by atoms with E-state index in [9.17, 15) is 14.4 Å². The number of carbonyl (C=O) groups excluding carboxylic acids is 3. The monoisotopic (exact) mass is 370 g/mol. The SMILES string of the molecule is COc1cc(OC(C)=O)c2c(c1)O[C@@H](c1ccc(OC(C)=O)cc1)CC2=O. The third-order valence-corrected chi connectivity index (χ3v) is 3.96. The van der Waals surface area contributed by atoms with Crippen LogP contribution >= 0.6 is 0 Å². The number of fused-ring (bicyclic) bond motifs is 1. The molecular formula is C20H18O7. The zero-order valence-electron chi connectivity index (χ0n) is 15.1. The summed E-state index contributed by atoms with van der Waals surface area (Å²) in [7, 11) is 1.47. The second-order valence-electron chi connectivity index (χ2n) is 5.99. The maximum atomic E-state index is 12.7. The van der Waals surface area contributed by atoms with Gasteiger partial charge in [0.25, 0.3) is 0 Å². The van der Waals surface area contributed by atoms with Crippen molar-refractivity contribution in [2.45, 2.75) is 26.4 Å². The minimum absolute atomic E-state index is 0.0838. The van der Waals surface area contributed by atoms with E-state index >= 15 is 0 Å². The number of ether oxygens (including phenoxy) is 4. The second-order valence-corrected chi connectivity index (χ2v) is 5.99. The molecule has 0 N–H and O–H groups in total. The first-order chi connectivity index (χ1) is 12.9. The fraction of sp³-hybridized carbons (Fsp3) is 0.250. The average molecular weight is 370 g/mol. The third-order valence-electron chi connectivity index (χ3n) is 3.96. The largest absolute Gasteiger partial charge is 0.496 e. The highest BCUT2D eigenvalue weighted by Crippen LogP contribution is 2.42. The van der Waals surface area contributed by atoms with Crippen molar-refractivity contribution in [3.05, 3.63) is 47.5 Å². The van der Waals surface area contributed by atoms with E-state index in [1.54, 1.807) is 30.3 Å². The van der Waals surface area contributed by atoms with E-state index in [0.29, 0.717) is 11.5 Å². The van der Waals surface area contributed by atoms with Crippen LogP contribution in [0.3, 0.4) is 0 Å². The summed E-state index contributed by atoms with van der Waals surface area (Å²) in [5, 5.41) is 0. The Kier molecular flexibility index (Phi) is 5.12. The Hall–Kier alpha value is -3.35. The van der Waals surface area contributed by atoms with Gasteiger partial charge in [-0.05, 0) is 17.7 Å². The molecule has 0 amide bonds. The molecule has 0 radical (unpaired) electrons. The molecule has 1 aliphatic heterocycles. The number of benzene rings is 2. The summed E-state index contributed by atoms with van der Waals surface area (Å²) in [5.41, 5.74) is 0.973. The molecule has 2 aromatic carbocycles. The Labute approximate surface area is 155 Å². The summed E-state index contributed by atoms with van der Waals surface area (Å²) in [6.07, 6.45) is -0.436. The van der Waals surface area contributed by atoms with Crippen LogP contribution in [0.1, 0.15) is 42.3 Å². The molecule has 0 aromatic heterocycles. The predicted octanol–water partition coefficient (Wildman–Crippen LogP) is 3.25. The first-order valence-corrected chi connectivity index (χ1v) is 8.26. The van der Waals surface area contributed by atoms with Crippen molar-refractivity contribution < 1.29 is 33.3 Å². The van der Waals surface area contributed by atoms with Crippen LogP contribution in [0.5, 0.6) is 23.0 Å². The van der Waals surface area contributed by atoms with Gasteiger partial charge in [-0.2, -0.15) is 0 Å². The highest BCUT2D eigenvalue weighted by atomic mass is 16.5. The van der Waals surface area contributed by atoms with Crippen molar-refractivity contribution >= 4 is 17.7 Å². The van der Waals surface area contributed by atoms with Gasteiger partial charge in [0.15, 0.2) is 5.78 Å². The smallest absolute Gasteiger partial charge is 0.308 e. The van der Waals surface area contributed by atoms with Crippen LogP contribution in [0.2, 0.25) is 0 Å². The van der Waals surface area contributed by atoms with Gasteiger partial charge in [0.1, 0.15) is 34.7 Å². The maximum Gasteiger partial charge on any atom is 0.308 e. The molecule has 0 fully saturated rings. The number of Topliss-reactive ketones (excluding diaryl/α,β-unsaturated/α-hetero) is 1. The molecule has 0 aliphatic carbocycles. The van der Waals surface area contributed by atoms with E-state index in [0.717, 1.165) is 5.56 Å². The van der Waals surface area contributed by atoms with E-state index in [-0.39, 0.29) is 29.3 Å². The fourth-order valence-corrected chi connectivity index (χ4v) is 2.85. The van der Waals surface area contributed by atoms with Gasteiger partial charge < -0.3 is 18.9 Å². The van der Waals surface area contributed by atoms with Crippen LogP contribution in [0, 0.1) is 0 Å². The predicted molar refractivity (Wildman–Crippen MR) is 94.4 cm³/mol. The lowest BCUT2D eigenvalue weighted by Gasteiger charge is -2.27. The van der Waals surface area contributed by atoms with E-state index in [2.05, 4.69) is 0 Å². The van der Waals surface area contributed by atoms with Gasteiger partial charge in [0, 0.05) is 26.0 Å². The summed E-state index contributed by atoms with van der Waals surface area (Å²) in [4.78, 5) is 35.1. The number of esters is 2. The molecule has 0 unspecified atom stereocenters. The van der Waals surface area contributed by atoms with Crippen molar-refractivity contribution in [2.24, 2.45) is 0 Å². The fourth-order valence-electron chi connectivity index (χ4n) is 2.85. The molecule has 27 heavy (non-hydrogen) atoms. The first-order valence-electron chi connectivity index (χ1n) is 8.26. The summed E-state index contributed by atoms with van der Waals surface area (Å²) < 4.78 is 21.3. The van der Waals surface area contributed by atoms with Crippen molar-refractivity contribution in [3.8, 4) is 23.0 Å². The molecule has 1 heterocycles. The lowest BCUT2D eigenvalue weighted by atomic mass is 9.95. The van der Waals surface area contributed by atoms with E-state index < -0.39 is 18.0 Å². The molecular weight excluding hydrogens is 352 g/mol. The highest BCUT2D eigenvalue weighted by Gasteiger charge is 2.32. The van der Waals surface area contributed by atoms with Crippen molar-refractivity contribution in [3.63, 3.8) is 0 Å². The van der Waals surface area contributed by atoms with E-state index in [1.807, 2.05) is 0 Å². The minimum atomic E-state index is -0.540. The van der Waals surface area contributed by atoms with Crippen molar-refractivity contribution in [1.29, 1.82) is 0 Å². The number of hydrogen-bond donors (Lipinski definition) is 0. The molecule has 7 heteroatoms. The summed E-state index contributed by atoms with van der Waals surface area (Å²) in [5.74, 6) is 0.0641. The minimum Gasteiger partial charge on any atom is -0.496 e. The van der Waals surface area contributed by atoms with Crippen LogP contribution < -0.4 is 18.9 Å². The molecule has 2 aromatic rings. The number of ketones is 1. The Bertz CT molecular complexity index is 899. The number of hydrogen-bond acceptors (Lipinski definition) is 7. The quantitative estimate of drug-likeness (QED) is 0.603. The second kappa shape index (κ2) is 7.49. The van der Waals surface area contributed by atoms with E-state index in [1.165, 1.54) is 27.0 Å². The molecule has 0 bridgehead atoms. The van der Waals surface area contributed by atoms with Gasteiger partial charge in [-0.25, -0.2) is 0 Å². The van der Waals surface area contributed by atoms with Crippen molar-refractivity contribution in [2.75, 3.05) is 7.11 Å². The zero-order valence-corrected chi connectivity index (χ0v) is 15.1. The average Bonchev–Trinajstić information content (AvgIpc) is 2.60. The van der Waals surface area contributed by atoms with Gasteiger partial charge in [-0.1, -0.05) is 12.1 Å². The van der Waals surface area contributed by atoms with Crippen LogP contribution in [0.15, 0.2) is 36.4 Å². The van der Waals surface area contributed by atoms with Gasteiger partial charge in [0.2, 0.25) is 0 Å². The molecule has 1 atom stereocenters. The lowest BCUT2D eigenvalue weighted by molar-refractivity contribution is -0.132. The Morgan fingerprint density at radius 1 is 1.00 bits per heavy atom. The summed E-state index contributed by atoms with van der Waals surface area (Å²) in [6, 6.07) is 9.80. The van der Waals surface area contributed by atoms with Gasteiger partial charge in [0.05, 0.1) is 13.5 Å². The topological polar surface area (TPSA) is 88.1 Å². The molecule has 0 saturated heterocycles. The standard InChI is InChI=1S/C20H18O7/c1-11(21)25-14-6-4-13(5-7-14)17-10-16(23)20-18(26-12(2)22)8-15(24-3)9-19(20)27-17/h4-9,17H,10H2,1-3H3/t17-/m1/s1.